The first-order valence-electron chi connectivity index (χ1n) is 6.66. The summed E-state index contributed by atoms with van der Waals surface area (Å²) in [6, 6.07) is 5.00. The van der Waals surface area contributed by atoms with Crippen LogP contribution in [0.4, 0.5) is 5.69 Å². The number of benzene rings is 1. The molecule has 0 spiro atoms. The van der Waals surface area contributed by atoms with E-state index in [2.05, 4.69) is 10.6 Å². The van der Waals surface area contributed by atoms with Crippen molar-refractivity contribution in [3.05, 3.63) is 29.3 Å². The third kappa shape index (κ3) is 4.29. The molecule has 0 saturated carbocycles. The van der Waals surface area contributed by atoms with Crippen LogP contribution in [0, 0.1) is 13.8 Å². The molecule has 1 aliphatic rings. The molecule has 1 unspecified atom stereocenters. The van der Waals surface area contributed by atoms with Crippen LogP contribution >= 0.6 is 0 Å². The average molecular weight is 310 g/mol. The Bertz CT molecular complexity index is 662. The lowest BCUT2D eigenvalue weighted by Crippen LogP contribution is -2.42. The maximum atomic E-state index is 11.8. The third-order valence-corrected chi connectivity index (χ3v) is 5.02. The Labute approximate surface area is 123 Å². The lowest BCUT2D eigenvalue weighted by molar-refractivity contribution is -0.136. The van der Waals surface area contributed by atoms with E-state index in [9.17, 15) is 18.0 Å². The fraction of sp³-hybridized carbons (Fsp3) is 0.429. The minimum Gasteiger partial charge on any atom is -0.344 e. The van der Waals surface area contributed by atoms with Crippen molar-refractivity contribution in [3.63, 3.8) is 0 Å². The monoisotopic (exact) mass is 310 g/mol. The highest BCUT2D eigenvalue weighted by Crippen LogP contribution is 2.14. The summed E-state index contributed by atoms with van der Waals surface area (Å²) in [5.41, 5.74) is 2.51. The minimum absolute atomic E-state index is 0.0522. The van der Waals surface area contributed by atoms with Crippen molar-refractivity contribution in [1.29, 1.82) is 0 Å². The van der Waals surface area contributed by atoms with E-state index in [1.807, 2.05) is 19.9 Å². The number of rotatable bonds is 2. The molecule has 2 rings (SSSR count). The zero-order valence-electron chi connectivity index (χ0n) is 12.0. The van der Waals surface area contributed by atoms with E-state index in [0.29, 0.717) is 12.1 Å². The summed E-state index contributed by atoms with van der Waals surface area (Å²) in [4.78, 5) is 23.6. The SMILES string of the molecule is Cc1cc(C)cc(NC(=O)C(=O)NC2CCS(=O)(=O)C2)c1. The van der Waals surface area contributed by atoms with Gasteiger partial charge in [0.15, 0.2) is 9.84 Å². The Kier molecular flexibility index (Phi) is 4.32. The van der Waals surface area contributed by atoms with Crippen LogP contribution in [0.15, 0.2) is 18.2 Å². The van der Waals surface area contributed by atoms with Crippen LogP contribution in [0.25, 0.3) is 0 Å². The third-order valence-electron chi connectivity index (χ3n) is 3.25. The molecule has 1 saturated heterocycles. The van der Waals surface area contributed by atoms with Gasteiger partial charge >= 0.3 is 11.8 Å². The summed E-state index contributed by atoms with van der Waals surface area (Å²) in [6.45, 7) is 3.79. The molecule has 1 aromatic rings. The standard InChI is InChI=1S/C14H18N2O4S/c1-9-5-10(2)7-12(6-9)16-14(18)13(17)15-11-3-4-21(19,20)8-11/h5-7,11H,3-4,8H2,1-2H3,(H,15,17)(H,16,18). The van der Waals surface area contributed by atoms with Crippen molar-refractivity contribution in [2.45, 2.75) is 26.3 Å². The molecule has 0 radical (unpaired) electrons. The molecule has 21 heavy (non-hydrogen) atoms. The number of anilines is 1. The summed E-state index contributed by atoms with van der Waals surface area (Å²) in [6.07, 6.45) is 0.352. The van der Waals surface area contributed by atoms with Gasteiger partial charge in [-0.25, -0.2) is 8.42 Å². The molecule has 114 valence electrons. The van der Waals surface area contributed by atoms with Crippen LogP contribution in [0.3, 0.4) is 0 Å². The fourth-order valence-electron chi connectivity index (χ4n) is 2.39. The number of carbonyl (C=O) groups is 2. The predicted octanol–water partition coefficient (Wildman–Crippen LogP) is 0.545. The van der Waals surface area contributed by atoms with Gasteiger partial charge < -0.3 is 10.6 Å². The Morgan fingerprint density at radius 2 is 1.71 bits per heavy atom. The maximum Gasteiger partial charge on any atom is 0.313 e. The summed E-state index contributed by atoms with van der Waals surface area (Å²) >= 11 is 0. The Morgan fingerprint density at radius 1 is 1.10 bits per heavy atom. The topological polar surface area (TPSA) is 92.3 Å². The van der Waals surface area contributed by atoms with E-state index in [-0.39, 0.29) is 11.5 Å². The first-order chi connectivity index (χ1) is 9.75. The van der Waals surface area contributed by atoms with Gasteiger partial charge in [-0.3, -0.25) is 9.59 Å². The Hall–Kier alpha value is -1.89. The highest BCUT2D eigenvalue weighted by molar-refractivity contribution is 7.91. The van der Waals surface area contributed by atoms with Crippen molar-refractivity contribution >= 4 is 27.3 Å². The summed E-state index contributed by atoms with van der Waals surface area (Å²) in [7, 11) is -3.08. The smallest absolute Gasteiger partial charge is 0.313 e. The first-order valence-corrected chi connectivity index (χ1v) is 8.48. The van der Waals surface area contributed by atoms with Gasteiger partial charge in [-0.05, 0) is 43.5 Å². The highest BCUT2D eigenvalue weighted by atomic mass is 32.2. The lowest BCUT2D eigenvalue weighted by Gasteiger charge is -2.11. The van der Waals surface area contributed by atoms with Gasteiger partial charge in [0.1, 0.15) is 0 Å². The van der Waals surface area contributed by atoms with E-state index in [1.165, 1.54) is 0 Å². The summed E-state index contributed by atoms with van der Waals surface area (Å²) < 4.78 is 22.6. The van der Waals surface area contributed by atoms with E-state index in [0.717, 1.165) is 11.1 Å². The van der Waals surface area contributed by atoms with Crippen LogP contribution in [0.1, 0.15) is 17.5 Å². The van der Waals surface area contributed by atoms with Crippen molar-refractivity contribution in [2.75, 3.05) is 16.8 Å². The molecule has 6 nitrogen and oxygen atoms in total. The highest BCUT2D eigenvalue weighted by Gasteiger charge is 2.30. The molecule has 7 heteroatoms. The maximum absolute atomic E-state index is 11.8. The molecule has 1 fully saturated rings. The van der Waals surface area contributed by atoms with Crippen LogP contribution < -0.4 is 10.6 Å². The van der Waals surface area contributed by atoms with Crippen molar-refractivity contribution in [3.8, 4) is 0 Å². The fourth-order valence-corrected chi connectivity index (χ4v) is 4.07. The minimum atomic E-state index is -3.08. The zero-order chi connectivity index (χ0) is 15.6. The number of carbonyl (C=O) groups excluding carboxylic acids is 2. The number of hydrogen-bond acceptors (Lipinski definition) is 4. The molecular weight excluding hydrogens is 292 g/mol. The molecule has 2 amide bonds. The van der Waals surface area contributed by atoms with Crippen LogP contribution in [0.5, 0.6) is 0 Å². The number of hydrogen-bond donors (Lipinski definition) is 2. The molecule has 0 aromatic heterocycles. The predicted molar refractivity (Wildman–Crippen MR) is 79.7 cm³/mol. The van der Waals surface area contributed by atoms with Gasteiger partial charge in [-0.1, -0.05) is 6.07 Å². The van der Waals surface area contributed by atoms with Crippen molar-refractivity contribution in [2.24, 2.45) is 0 Å². The second-order valence-electron chi connectivity index (χ2n) is 5.40. The molecule has 0 aliphatic carbocycles. The molecule has 2 N–H and O–H groups in total. The Morgan fingerprint density at radius 3 is 2.24 bits per heavy atom. The molecule has 1 aliphatic heterocycles. The van der Waals surface area contributed by atoms with Crippen LogP contribution in [0.2, 0.25) is 0 Å². The zero-order valence-corrected chi connectivity index (χ0v) is 12.8. The van der Waals surface area contributed by atoms with Gasteiger partial charge in [0.25, 0.3) is 0 Å². The van der Waals surface area contributed by atoms with Crippen molar-refractivity contribution in [1.82, 2.24) is 5.32 Å². The second-order valence-corrected chi connectivity index (χ2v) is 7.63. The number of sulfone groups is 1. The molecule has 1 atom stereocenters. The van der Waals surface area contributed by atoms with E-state index in [1.54, 1.807) is 12.1 Å². The normalized spacial score (nSPS) is 20.0. The van der Waals surface area contributed by atoms with Gasteiger partial charge in [0.2, 0.25) is 0 Å². The molecule has 0 bridgehead atoms. The summed E-state index contributed by atoms with van der Waals surface area (Å²) in [5, 5.41) is 4.97. The average Bonchev–Trinajstić information content (AvgIpc) is 2.67. The van der Waals surface area contributed by atoms with Gasteiger partial charge in [0, 0.05) is 11.7 Å². The Balaban J connectivity index is 1.95. The molecule has 1 aromatic carbocycles. The van der Waals surface area contributed by atoms with Gasteiger partial charge in [0.05, 0.1) is 11.5 Å². The van der Waals surface area contributed by atoms with Gasteiger partial charge in [-0.15, -0.1) is 0 Å². The van der Waals surface area contributed by atoms with Crippen molar-refractivity contribution < 1.29 is 18.0 Å². The van der Waals surface area contributed by atoms with E-state index >= 15 is 0 Å². The number of aryl methyl sites for hydroxylation is 2. The van der Waals surface area contributed by atoms with Gasteiger partial charge in [-0.2, -0.15) is 0 Å². The van der Waals surface area contributed by atoms with E-state index in [4.69, 9.17) is 0 Å². The largest absolute Gasteiger partial charge is 0.344 e. The number of nitrogens with one attached hydrogen (secondary N) is 2. The van der Waals surface area contributed by atoms with E-state index < -0.39 is 27.7 Å². The quantitative estimate of drug-likeness (QED) is 0.780. The number of amides is 2. The van der Waals surface area contributed by atoms with Crippen LogP contribution in [-0.2, 0) is 19.4 Å². The van der Waals surface area contributed by atoms with Crippen LogP contribution in [-0.4, -0.2) is 37.8 Å². The first kappa shape index (κ1) is 15.5. The lowest BCUT2D eigenvalue weighted by atomic mass is 10.1. The summed E-state index contributed by atoms with van der Waals surface area (Å²) in [5.74, 6) is -1.65. The molecule has 1 heterocycles. The molecular formula is C14H18N2O4S. The second kappa shape index (κ2) is 5.85.